The molecule has 0 aromatic heterocycles. The summed E-state index contributed by atoms with van der Waals surface area (Å²) in [6.07, 6.45) is -12.2. The van der Waals surface area contributed by atoms with Crippen LogP contribution in [0.5, 0.6) is 69.0 Å². The molecule has 4 aromatic carbocycles. The van der Waals surface area contributed by atoms with Crippen LogP contribution in [0.3, 0.4) is 0 Å². The highest BCUT2D eigenvalue weighted by molar-refractivity contribution is 6.11. The average molecular weight is 955 g/mol. The molecule has 0 bridgehead atoms. The van der Waals surface area contributed by atoms with Crippen molar-refractivity contribution in [3.8, 4) is 69.0 Å². The average Bonchev–Trinajstić information content (AvgIpc) is 3.28. The van der Waals surface area contributed by atoms with E-state index in [0.717, 1.165) is 6.92 Å². The molecule has 5 atom stereocenters. The van der Waals surface area contributed by atoms with Crippen molar-refractivity contribution in [3.05, 3.63) is 99.7 Å². The second-order valence-electron chi connectivity index (χ2n) is 14.4. The standard InChI is InChI=1S/C42H34O26/c1-11-25(32(56)27(51)12(2)43)26-16(9-23(50)31(55)33(26)57)41(62)65-34-24(10-63-38(59)13-3-17(44)28(52)18(45)4-13)64-42(68-40(61)15-7-21(48)30(54)22(49)8-15)36(35(34)66-37(11)58)67-39(60)14-5-19(46)29(53)20(47)6-14/h3-9,24,34-36,42-57H,1,10H2,2H3/b27-12-,32-25-. The third kappa shape index (κ3) is 8.91. The van der Waals surface area contributed by atoms with Crippen LogP contribution in [0, 0.1) is 0 Å². The van der Waals surface area contributed by atoms with Crippen LogP contribution < -0.4 is 0 Å². The van der Waals surface area contributed by atoms with Gasteiger partial charge >= 0.3 is 29.8 Å². The van der Waals surface area contributed by atoms with Gasteiger partial charge in [0, 0.05) is 11.1 Å². The summed E-state index contributed by atoms with van der Waals surface area (Å²) in [6, 6.07) is 3.84. The van der Waals surface area contributed by atoms with Gasteiger partial charge in [0.05, 0.1) is 27.8 Å². The molecule has 0 amide bonds. The number of fused-ring (bicyclic) bond motifs is 2. The summed E-state index contributed by atoms with van der Waals surface area (Å²) in [5.41, 5.74) is -6.90. The lowest BCUT2D eigenvalue weighted by molar-refractivity contribution is -0.286. The van der Waals surface area contributed by atoms with Gasteiger partial charge in [-0.15, -0.1) is 0 Å². The topological polar surface area (TPSA) is 444 Å². The van der Waals surface area contributed by atoms with Crippen molar-refractivity contribution in [2.75, 3.05) is 6.61 Å². The fourth-order valence-corrected chi connectivity index (χ4v) is 6.53. The number of aromatic hydroxyl groups is 12. The molecule has 6 rings (SSSR count). The number of carbonyl (C=O) groups is 5. The first-order chi connectivity index (χ1) is 31.8. The van der Waals surface area contributed by atoms with Crippen molar-refractivity contribution in [2.24, 2.45) is 0 Å². The Balaban J connectivity index is 1.58. The lowest BCUT2D eigenvalue weighted by Crippen LogP contribution is -2.63. The Morgan fingerprint density at radius 1 is 0.574 bits per heavy atom. The molecule has 26 heteroatoms. The van der Waals surface area contributed by atoms with Crippen LogP contribution in [0.1, 0.15) is 53.9 Å². The smallest absolute Gasteiger partial charge is 0.340 e. The number of allylic oxidation sites excluding steroid dienone is 1. The summed E-state index contributed by atoms with van der Waals surface area (Å²) in [7, 11) is 0. The van der Waals surface area contributed by atoms with Gasteiger partial charge in [-0.05, 0) is 49.4 Å². The van der Waals surface area contributed by atoms with Gasteiger partial charge in [0.2, 0.25) is 18.1 Å². The zero-order valence-corrected chi connectivity index (χ0v) is 34.0. The third-order valence-electron chi connectivity index (χ3n) is 9.91. The van der Waals surface area contributed by atoms with Crippen molar-refractivity contribution >= 4 is 35.4 Å². The van der Waals surface area contributed by atoms with Crippen LogP contribution >= 0.6 is 0 Å². The molecule has 0 radical (unpaired) electrons. The summed E-state index contributed by atoms with van der Waals surface area (Å²) in [4.78, 5) is 69.4. The number of aliphatic hydroxyl groups is 3. The molecule has 0 aliphatic carbocycles. The number of aliphatic hydroxyl groups excluding tert-OH is 3. The lowest BCUT2D eigenvalue weighted by Gasteiger charge is -2.44. The molecular weight excluding hydrogens is 920 g/mol. The Bertz CT molecular complexity index is 2820. The molecule has 15 N–H and O–H groups in total. The van der Waals surface area contributed by atoms with E-state index in [2.05, 4.69) is 6.58 Å². The summed E-state index contributed by atoms with van der Waals surface area (Å²) in [5, 5.41) is 154. The van der Waals surface area contributed by atoms with Gasteiger partial charge in [0.25, 0.3) is 0 Å². The zero-order valence-electron chi connectivity index (χ0n) is 34.0. The maximum absolute atomic E-state index is 14.4. The van der Waals surface area contributed by atoms with Crippen molar-refractivity contribution in [1.29, 1.82) is 0 Å². The van der Waals surface area contributed by atoms with Crippen LogP contribution in [0.2, 0.25) is 0 Å². The predicted molar refractivity (Wildman–Crippen MR) is 215 cm³/mol. The number of phenols is 12. The summed E-state index contributed by atoms with van der Waals surface area (Å²) >= 11 is 0. The predicted octanol–water partition coefficient (Wildman–Crippen LogP) is 2.44. The molecule has 68 heavy (non-hydrogen) atoms. The minimum Gasteiger partial charge on any atom is -0.509 e. The molecule has 2 heterocycles. The number of ether oxygens (including phenoxy) is 6. The summed E-state index contributed by atoms with van der Waals surface area (Å²) in [5.74, 6) is -26.3. The second-order valence-corrected chi connectivity index (χ2v) is 14.4. The molecule has 2 aliphatic heterocycles. The van der Waals surface area contributed by atoms with Crippen molar-refractivity contribution < 1.29 is 129 Å². The molecule has 0 spiro atoms. The lowest BCUT2D eigenvalue weighted by atomic mass is 9.90. The highest BCUT2D eigenvalue weighted by atomic mass is 16.7. The van der Waals surface area contributed by atoms with Crippen LogP contribution in [0.4, 0.5) is 0 Å². The molecule has 1 fully saturated rings. The van der Waals surface area contributed by atoms with Crippen LogP contribution in [-0.4, -0.2) is 144 Å². The number of esters is 5. The van der Waals surface area contributed by atoms with Gasteiger partial charge < -0.3 is 105 Å². The van der Waals surface area contributed by atoms with E-state index >= 15 is 0 Å². The maximum atomic E-state index is 14.4. The van der Waals surface area contributed by atoms with Gasteiger partial charge in [-0.2, -0.15) is 0 Å². The van der Waals surface area contributed by atoms with Gasteiger partial charge in [0.15, 0.2) is 87.0 Å². The monoisotopic (exact) mass is 954 g/mol. The zero-order chi connectivity index (χ0) is 50.4. The highest BCUT2D eigenvalue weighted by Gasteiger charge is 2.56. The quantitative estimate of drug-likeness (QED) is 0.0396. The number of hydrogen-bond donors (Lipinski definition) is 15. The second kappa shape index (κ2) is 18.1. The van der Waals surface area contributed by atoms with E-state index in [9.17, 15) is 101 Å². The molecule has 0 saturated carbocycles. The number of rotatable bonds is 8. The van der Waals surface area contributed by atoms with E-state index < -0.39 is 192 Å². The fraction of sp³-hybridized carbons (Fsp3) is 0.167. The van der Waals surface area contributed by atoms with E-state index in [-0.39, 0.29) is 0 Å². The number of phenolic OH excluding ortho intramolecular Hbond substituents is 12. The van der Waals surface area contributed by atoms with E-state index in [0.29, 0.717) is 42.5 Å². The first-order valence-electron chi connectivity index (χ1n) is 18.7. The Morgan fingerprint density at radius 2 is 1.00 bits per heavy atom. The third-order valence-corrected chi connectivity index (χ3v) is 9.91. The Labute approximate surface area is 376 Å². The number of hydrogen-bond acceptors (Lipinski definition) is 26. The SMILES string of the molecule is C=C1C(=O)OC2C(OC(=O)c3cc(O)c(O)c(O)c3/C1=C(O)/C(O)=C(\C)O)C(COC(=O)c1cc(O)c(O)c(O)c1)OC(OC(=O)c1cc(O)c(O)c(O)c1)C2OC(=O)c1cc(O)c(O)c(O)c1. The Hall–Kier alpha value is -9.59. The highest BCUT2D eigenvalue weighted by Crippen LogP contribution is 2.48. The minimum atomic E-state index is -2.55. The molecule has 358 valence electrons. The summed E-state index contributed by atoms with van der Waals surface area (Å²) in [6.45, 7) is 3.05. The van der Waals surface area contributed by atoms with Gasteiger partial charge in [-0.1, -0.05) is 6.58 Å². The van der Waals surface area contributed by atoms with Gasteiger partial charge in [-0.3, -0.25) is 0 Å². The van der Waals surface area contributed by atoms with Gasteiger partial charge in [-0.25, -0.2) is 24.0 Å². The van der Waals surface area contributed by atoms with Crippen molar-refractivity contribution in [1.82, 2.24) is 0 Å². The van der Waals surface area contributed by atoms with Crippen LogP contribution in [0.15, 0.2) is 71.9 Å². The molecule has 5 unspecified atom stereocenters. The number of carbonyl (C=O) groups excluding carboxylic acids is 5. The van der Waals surface area contributed by atoms with Crippen molar-refractivity contribution in [2.45, 2.75) is 37.6 Å². The number of benzene rings is 4. The fourth-order valence-electron chi connectivity index (χ4n) is 6.53. The summed E-state index contributed by atoms with van der Waals surface area (Å²) < 4.78 is 33.3. The minimum absolute atomic E-state index is 0.401. The van der Waals surface area contributed by atoms with E-state index in [1.165, 1.54) is 0 Å². The van der Waals surface area contributed by atoms with E-state index in [1.807, 2.05) is 0 Å². The van der Waals surface area contributed by atoms with E-state index in [1.54, 1.807) is 0 Å². The largest absolute Gasteiger partial charge is 0.509 e. The first kappa shape index (κ1) is 47.9. The Morgan fingerprint density at radius 3 is 1.47 bits per heavy atom. The molecular formula is C42H34O26. The van der Waals surface area contributed by atoms with Crippen LogP contribution in [-0.2, 0) is 33.2 Å². The molecule has 1 saturated heterocycles. The van der Waals surface area contributed by atoms with Gasteiger partial charge in [0.1, 0.15) is 18.5 Å². The maximum Gasteiger partial charge on any atom is 0.340 e. The molecule has 2 aliphatic rings. The Kier molecular flexibility index (Phi) is 12.8. The molecule has 4 aromatic rings. The van der Waals surface area contributed by atoms with Crippen LogP contribution in [0.25, 0.3) is 5.57 Å². The molecule has 26 nitrogen and oxygen atoms in total. The van der Waals surface area contributed by atoms with E-state index in [4.69, 9.17) is 28.4 Å². The van der Waals surface area contributed by atoms with Crippen molar-refractivity contribution in [3.63, 3.8) is 0 Å². The normalized spacial score (nSPS) is 20.3. The first-order valence-corrected chi connectivity index (χ1v) is 18.7.